The van der Waals surface area contributed by atoms with Crippen LogP contribution in [0.25, 0.3) is 0 Å². The van der Waals surface area contributed by atoms with Crippen molar-refractivity contribution in [3.05, 3.63) is 65.2 Å². The van der Waals surface area contributed by atoms with Gasteiger partial charge >= 0.3 is 5.97 Å². The number of nitrogens with zero attached hydrogens (tertiary/aromatic N) is 5. The lowest BCUT2D eigenvalue weighted by Gasteiger charge is -2.37. The van der Waals surface area contributed by atoms with E-state index in [-0.39, 0.29) is 41.2 Å². The molecular weight excluding hydrogens is 576 g/mol. The third kappa shape index (κ3) is 6.49. The van der Waals surface area contributed by atoms with Crippen molar-refractivity contribution >= 4 is 23.3 Å². The Kier molecular flexibility index (Phi) is 8.81. The summed E-state index contributed by atoms with van der Waals surface area (Å²) in [6, 6.07) is 10.4. The summed E-state index contributed by atoms with van der Waals surface area (Å²) in [5, 5.41) is 27.2. The lowest BCUT2D eigenvalue weighted by Crippen LogP contribution is -2.45. The molecule has 5 rings (SSSR count). The van der Waals surface area contributed by atoms with Crippen LogP contribution in [0.5, 0.6) is 29.0 Å². The molecule has 44 heavy (non-hydrogen) atoms. The number of aliphatic imine (C=N–C) groups is 1. The monoisotopic (exact) mass is 609 g/mol. The van der Waals surface area contributed by atoms with E-state index < -0.39 is 35.1 Å². The first-order valence-electron chi connectivity index (χ1n) is 14.0. The summed E-state index contributed by atoms with van der Waals surface area (Å²) in [5.74, 6) is -4.32. The second-order valence-corrected chi connectivity index (χ2v) is 10.7. The molecule has 0 amide bonds. The predicted molar refractivity (Wildman–Crippen MR) is 159 cm³/mol. The summed E-state index contributed by atoms with van der Waals surface area (Å²) in [5.41, 5.74) is 6.06. The Morgan fingerprint density at radius 2 is 1.82 bits per heavy atom. The zero-order valence-corrected chi connectivity index (χ0v) is 24.3. The van der Waals surface area contributed by atoms with Crippen LogP contribution in [0.2, 0.25) is 0 Å². The number of ether oxygens (including phenoxy) is 2. The Morgan fingerprint density at radius 1 is 1.11 bits per heavy atom. The van der Waals surface area contributed by atoms with Gasteiger partial charge in [0.15, 0.2) is 11.5 Å². The van der Waals surface area contributed by atoms with Crippen LogP contribution in [-0.4, -0.2) is 95.5 Å². The number of nitrogens with one attached hydrogen (secondary N) is 1. The number of hydrogen-bond donors (Lipinski definition) is 4. The Morgan fingerprint density at radius 3 is 2.45 bits per heavy atom. The van der Waals surface area contributed by atoms with E-state index in [4.69, 9.17) is 25.7 Å². The maximum absolute atomic E-state index is 16.2. The van der Waals surface area contributed by atoms with Gasteiger partial charge in [-0.1, -0.05) is 12.1 Å². The maximum Gasteiger partial charge on any atom is 0.317 e. The molecule has 2 aromatic carbocycles. The number of carboxylic acids is 1. The fourth-order valence-corrected chi connectivity index (χ4v) is 5.29. The Bertz CT molecular complexity index is 1610. The molecule has 1 saturated heterocycles. The Balaban J connectivity index is 1.52. The van der Waals surface area contributed by atoms with Gasteiger partial charge < -0.3 is 35.2 Å². The highest BCUT2D eigenvalue weighted by Gasteiger charge is 2.32. The number of phenolic OH excluding ortho intramolecular Hbond substituents is 1. The van der Waals surface area contributed by atoms with Crippen LogP contribution in [0.15, 0.2) is 47.5 Å². The van der Waals surface area contributed by atoms with Crippen molar-refractivity contribution in [2.75, 3.05) is 51.7 Å². The lowest BCUT2D eigenvalue weighted by atomic mass is 10.0. The minimum Gasteiger partial charge on any atom is -0.504 e. The number of aromatic nitrogens is 1. The van der Waals surface area contributed by atoms with E-state index in [1.807, 2.05) is 18.0 Å². The van der Waals surface area contributed by atoms with Crippen molar-refractivity contribution in [3.8, 4) is 29.0 Å². The quantitative estimate of drug-likeness (QED) is 0.197. The second-order valence-electron chi connectivity index (χ2n) is 10.7. The fraction of sp³-hybridized carbons (Fsp3) is 0.333. The summed E-state index contributed by atoms with van der Waals surface area (Å²) < 4.78 is 43.8. The number of piperidine rings is 1. The molecule has 232 valence electrons. The third-order valence-corrected chi connectivity index (χ3v) is 7.65. The fourth-order valence-electron chi connectivity index (χ4n) is 5.29. The normalized spacial score (nSPS) is 15.6. The van der Waals surface area contributed by atoms with Crippen LogP contribution in [0.3, 0.4) is 0 Å². The van der Waals surface area contributed by atoms with Gasteiger partial charge in [0.2, 0.25) is 11.6 Å². The van der Waals surface area contributed by atoms with Gasteiger partial charge in [0.25, 0.3) is 11.8 Å². The minimum absolute atomic E-state index is 0.117. The van der Waals surface area contributed by atoms with E-state index >= 15 is 8.78 Å². The molecule has 2 aliphatic rings. The van der Waals surface area contributed by atoms with E-state index in [0.29, 0.717) is 32.5 Å². The number of rotatable bonds is 10. The minimum atomic E-state index is -1.13. The molecule has 1 aromatic heterocycles. The number of aliphatic carboxylic acids is 1. The van der Waals surface area contributed by atoms with Gasteiger partial charge in [0, 0.05) is 50.9 Å². The molecule has 0 atom stereocenters. The van der Waals surface area contributed by atoms with Crippen molar-refractivity contribution in [1.82, 2.24) is 14.8 Å². The number of amidine groups is 2. The van der Waals surface area contributed by atoms with E-state index in [9.17, 15) is 9.90 Å². The topological polar surface area (TPSA) is 161 Å². The number of benzene rings is 2. The van der Waals surface area contributed by atoms with Gasteiger partial charge in [-0.25, -0.2) is 0 Å². The number of anilines is 1. The molecule has 1 fully saturated rings. The van der Waals surface area contributed by atoms with E-state index in [2.05, 4.69) is 9.98 Å². The molecule has 0 bridgehead atoms. The highest BCUT2D eigenvalue weighted by molar-refractivity contribution is 6.00. The first-order valence-corrected chi connectivity index (χ1v) is 14.0. The van der Waals surface area contributed by atoms with Crippen LogP contribution >= 0.6 is 0 Å². The zero-order valence-electron chi connectivity index (χ0n) is 24.3. The molecule has 0 unspecified atom stereocenters. The van der Waals surface area contributed by atoms with Crippen LogP contribution in [0.1, 0.15) is 24.0 Å². The summed E-state index contributed by atoms with van der Waals surface area (Å²) in [7, 11) is 3.45. The van der Waals surface area contributed by atoms with Gasteiger partial charge in [-0.05, 0) is 43.2 Å². The van der Waals surface area contributed by atoms with E-state index in [1.165, 1.54) is 30.1 Å². The van der Waals surface area contributed by atoms with Crippen molar-refractivity contribution in [3.63, 3.8) is 0 Å². The number of aromatic hydroxyl groups is 1. The molecule has 3 heterocycles. The summed E-state index contributed by atoms with van der Waals surface area (Å²) >= 11 is 0. The molecule has 0 aliphatic carbocycles. The predicted octanol–water partition coefficient (Wildman–Crippen LogP) is 3.61. The number of hydrogen-bond acceptors (Lipinski definition) is 10. The SMILES string of the molecule is CN1CCN=C1c1cccc(Oc2nc(Oc3cc(C(=N)N)ccc3O)c(F)c(N(C)C3CCN(CC(=O)O)CC3)c2F)c1. The molecule has 5 N–H and O–H groups in total. The lowest BCUT2D eigenvalue weighted by molar-refractivity contribution is -0.138. The molecule has 3 aromatic rings. The summed E-state index contributed by atoms with van der Waals surface area (Å²) in [4.78, 5) is 24.8. The maximum atomic E-state index is 16.2. The van der Waals surface area contributed by atoms with Crippen molar-refractivity contribution in [1.29, 1.82) is 5.41 Å². The summed E-state index contributed by atoms with van der Waals surface area (Å²) in [6.07, 6.45) is 0.910. The van der Waals surface area contributed by atoms with Gasteiger partial charge in [-0.15, -0.1) is 0 Å². The van der Waals surface area contributed by atoms with Gasteiger partial charge in [-0.2, -0.15) is 13.8 Å². The average Bonchev–Trinajstić information content (AvgIpc) is 3.42. The number of nitrogen functional groups attached to an aromatic ring is 1. The molecule has 0 saturated carbocycles. The third-order valence-electron chi connectivity index (χ3n) is 7.65. The highest BCUT2D eigenvalue weighted by Crippen LogP contribution is 2.41. The summed E-state index contributed by atoms with van der Waals surface area (Å²) in [6.45, 7) is 2.15. The Labute approximate surface area is 252 Å². The van der Waals surface area contributed by atoms with Crippen molar-refractivity contribution in [2.45, 2.75) is 18.9 Å². The molecule has 14 heteroatoms. The van der Waals surface area contributed by atoms with Crippen LogP contribution in [0, 0.1) is 17.0 Å². The molecular formula is C30H33F2N7O5. The number of pyridine rings is 1. The number of carbonyl (C=O) groups is 1. The first-order chi connectivity index (χ1) is 21.0. The van der Waals surface area contributed by atoms with Gasteiger partial charge in [-0.3, -0.25) is 20.1 Å². The van der Waals surface area contributed by atoms with Crippen LogP contribution < -0.4 is 20.1 Å². The first kappa shape index (κ1) is 30.5. The molecule has 0 spiro atoms. The van der Waals surface area contributed by atoms with E-state index in [1.54, 1.807) is 23.1 Å². The van der Waals surface area contributed by atoms with Gasteiger partial charge in [0.1, 0.15) is 23.1 Å². The largest absolute Gasteiger partial charge is 0.504 e. The highest BCUT2D eigenvalue weighted by atomic mass is 19.1. The number of nitrogens with two attached hydrogens (primary N) is 1. The number of carboxylic acid groups (broad SMARTS) is 1. The molecule has 12 nitrogen and oxygen atoms in total. The standard InChI is InChI=1S/C30H33F2N7O5/c1-37-13-10-35-28(37)18-4-3-5-20(14-18)43-29-24(31)26(38(2)19-8-11-39(12-9-19)16-23(41)42)25(32)30(36-29)44-22-15-17(27(33)34)6-7-21(22)40/h3-7,14-15,19,40H,8-13,16H2,1-2H3,(H3,33,34)(H,41,42). The number of phenols is 1. The van der Waals surface area contributed by atoms with Crippen molar-refractivity contribution in [2.24, 2.45) is 10.7 Å². The van der Waals surface area contributed by atoms with E-state index in [0.717, 1.165) is 17.9 Å². The number of likely N-dealkylation sites (N-methyl/N-ethyl adjacent to an activating group) is 1. The van der Waals surface area contributed by atoms with Crippen LogP contribution in [0.4, 0.5) is 14.5 Å². The number of halogens is 2. The van der Waals surface area contributed by atoms with Crippen molar-refractivity contribution < 1.29 is 33.3 Å². The van der Waals surface area contributed by atoms with Crippen LogP contribution in [-0.2, 0) is 4.79 Å². The number of likely N-dealkylation sites (tertiary alicyclic amines) is 1. The second kappa shape index (κ2) is 12.7. The molecule has 2 aliphatic heterocycles. The zero-order chi connectivity index (χ0) is 31.5. The smallest absolute Gasteiger partial charge is 0.317 e. The Hall–Kier alpha value is -4.98. The van der Waals surface area contributed by atoms with Gasteiger partial charge in [0.05, 0.1) is 13.1 Å². The molecule has 0 radical (unpaired) electrons. The average molecular weight is 610 g/mol.